The third-order valence-corrected chi connectivity index (χ3v) is 2.22. The van der Waals surface area contributed by atoms with Gasteiger partial charge < -0.3 is 0 Å². The largest absolute Gasteiger partial charge is 0.416 e. The number of nitrogens with zero attached hydrogens (tertiary/aromatic N) is 2. The van der Waals surface area contributed by atoms with E-state index in [0.717, 1.165) is 12.1 Å². The van der Waals surface area contributed by atoms with E-state index in [-0.39, 0.29) is 5.56 Å². The number of rotatable bonds is 1. The predicted molar refractivity (Wildman–Crippen MR) is 53.7 cm³/mol. The van der Waals surface area contributed by atoms with Crippen molar-refractivity contribution in [1.82, 2.24) is 10.2 Å². The molecular weight excluding hydrogens is 231 g/mol. The summed E-state index contributed by atoms with van der Waals surface area (Å²) in [6, 6.07) is 4.91. The summed E-state index contributed by atoms with van der Waals surface area (Å²) in [6.45, 7) is 0. The molecule has 0 atom stereocenters. The molecule has 1 heterocycles. The Morgan fingerprint density at radius 3 is 2.47 bits per heavy atom. The van der Waals surface area contributed by atoms with Crippen molar-refractivity contribution < 1.29 is 13.2 Å². The van der Waals surface area contributed by atoms with E-state index in [1.807, 2.05) is 0 Å². The molecule has 0 bridgehead atoms. The molecule has 0 saturated carbocycles. The van der Waals surface area contributed by atoms with Crippen LogP contribution in [-0.2, 0) is 6.18 Å². The van der Waals surface area contributed by atoms with Gasteiger partial charge in [-0.05, 0) is 23.8 Å². The maximum Gasteiger partial charge on any atom is 0.416 e. The molecule has 0 unspecified atom stereocenters. The summed E-state index contributed by atoms with van der Waals surface area (Å²) < 4.78 is 37.8. The summed E-state index contributed by atoms with van der Waals surface area (Å²) in [5.41, 5.74) is -0.0542. The summed E-state index contributed by atoms with van der Waals surface area (Å²) in [7, 11) is 0. The zero-order chi connectivity index (χ0) is 12.5. The monoisotopic (exact) mass is 237 g/mol. The molecule has 17 heavy (non-hydrogen) atoms. The van der Waals surface area contributed by atoms with Crippen molar-refractivity contribution in [2.45, 2.75) is 6.18 Å². The molecule has 2 aromatic rings. The van der Waals surface area contributed by atoms with Gasteiger partial charge in [0.25, 0.3) is 0 Å². The van der Waals surface area contributed by atoms with Gasteiger partial charge in [0, 0.05) is 11.8 Å². The maximum atomic E-state index is 12.6. The summed E-state index contributed by atoms with van der Waals surface area (Å²) in [4.78, 5) is 0. The number of hydrogen-bond donors (Lipinski definition) is 1. The number of aromatic nitrogens is 2. The third kappa shape index (κ3) is 2.28. The summed E-state index contributed by atoms with van der Waals surface area (Å²) in [5.74, 6) is 0. The van der Waals surface area contributed by atoms with E-state index in [2.05, 4.69) is 10.2 Å². The van der Waals surface area contributed by atoms with Crippen molar-refractivity contribution in [1.29, 1.82) is 5.26 Å². The fourth-order valence-electron chi connectivity index (χ4n) is 1.43. The molecule has 1 N–H and O–H groups in total. The molecule has 0 saturated heterocycles. The number of halogens is 3. The SMILES string of the molecule is N#Cc1cc(-c2cn[nH]c2)cc(C(F)(F)F)c1. The second-order valence-electron chi connectivity index (χ2n) is 3.40. The molecule has 6 heteroatoms. The van der Waals surface area contributed by atoms with Gasteiger partial charge in [-0.3, -0.25) is 5.10 Å². The van der Waals surface area contributed by atoms with Crippen LogP contribution in [0.3, 0.4) is 0 Å². The summed E-state index contributed by atoms with van der Waals surface area (Å²) in [6.07, 6.45) is -1.60. The number of benzene rings is 1. The number of nitrogens with one attached hydrogen (secondary N) is 1. The van der Waals surface area contributed by atoms with Gasteiger partial charge in [0.1, 0.15) is 0 Å². The fraction of sp³-hybridized carbons (Fsp3) is 0.0909. The molecule has 0 radical (unpaired) electrons. The van der Waals surface area contributed by atoms with Gasteiger partial charge in [-0.25, -0.2) is 0 Å². The number of nitriles is 1. The highest BCUT2D eigenvalue weighted by Gasteiger charge is 2.31. The number of alkyl halides is 3. The van der Waals surface area contributed by atoms with E-state index in [1.54, 1.807) is 6.07 Å². The maximum absolute atomic E-state index is 12.6. The Kier molecular flexibility index (Phi) is 2.60. The standard InChI is InChI=1S/C11H6F3N3/c12-11(13,14)10-2-7(4-15)1-8(3-10)9-5-16-17-6-9/h1-3,5-6H,(H,16,17). The lowest BCUT2D eigenvalue weighted by Crippen LogP contribution is -2.05. The lowest BCUT2D eigenvalue weighted by Gasteiger charge is -2.08. The molecule has 86 valence electrons. The van der Waals surface area contributed by atoms with E-state index in [0.29, 0.717) is 11.1 Å². The van der Waals surface area contributed by atoms with Crippen LogP contribution in [0.1, 0.15) is 11.1 Å². The number of H-pyrrole nitrogens is 1. The topological polar surface area (TPSA) is 52.5 Å². The van der Waals surface area contributed by atoms with E-state index >= 15 is 0 Å². The van der Waals surface area contributed by atoms with Crippen molar-refractivity contribution in [3.8, 4) is 17.2 Å². The van der Waals surface area contributed by atoms with Crippen molar-refractivity contribution in [2.75, 3.05) is 0 Å². The first-order chi connectivity index (χ1) is 8.00. The Bertz CT molecular complexity index is 565. The Labute approximate surface area is 94.5 Å². The minimum atomic E-state index is -4.47. The molecular formula is C11H6F3N3. The predicted octanol–water partition coefficient (Wildman–Crippen LogP) is 2.97. The van der Waals surface area contributed by atoms with Crippen molar-refractivity contribution in [2.24, 2.45) is 0 Å². The molecule has 0 aliphatic heterocycles. The zero-order valence-corrected chi connectivity index (χ0v) is 8.42. The van der Waals surface area contributed by atoms with Gasteiger partial charge in [-0.2, -0.15) is 23.5 Å². The minimum Gasteiger partial charge on any atom is -0.285 e. The first-order valence-electron chi connectivity index (χ1n) is 4.62. The normalized spacial score (nSPS) is 11.2. The summed E-state index contributed by atoms with van der Waals surface area (Å²) >= 11 is 0. The lowest BCUT2D eigenvalue weighted by atomic mass is 10.0. The highest BCUT2D eigenvalue weighted by atomic mass is 19.4. The molecule has 1 aromatic carbocycles. The fourth-order valence-corrected chi connectivity index (χ4v) is 1.43. The van der Waals surface area contributed by atoms with Crippen LogP contribution < -0.4 is 0 Å². The minimum absolute atomic E-state index is 0.0315. The van der Waals surface area contributed by atoms with Gasteiger partial charge in [0.05, 0.1) is 23.4 Å². The second-order valence-corrected chi connectivity index (χ2v) is 3.40. The van der Waals surface area contributed by atoms with Gasteiger partial charge in [0.15, 0.2) is 0 Å². The highest BCUT2D eigenvalue weighted by Crippen LogP contribution is 2.33. The van der Waals surface area contributed by atoms with Crippen molar-refractivity contribution in [3.05, 3.63) is 41.7 Å². The third-order valence-electron chi connectivity index (χ3n) is 2.22. The smallest absolute Gasteiger partial charge is 0.285 e. The average molecular weight is 237 g/mol. The van der Waals surface area contributed by atoms with Crippen LogP contribution in [0.5, 0.6) is 0 Å². The Morgan fingerprint density at radius 1 is 1.18 bits per heavy atom. The molecule has 0 amide bonds. The van der Waals surface area contributed by atoms with E-state index in [4.69, 9.17) is 5.26 Å². The molecule has 1 aromatic heterocycles. The Hall–Kier alpha value is -2.29. The first-order valence-corrected chi connectivity index (χ1v) is 4.62. The van der Waals surface area contributed by atoms with E-state index in [1.165, 1.54) is 18.5 Å². The van der Waals surface area contributed by atoms with Crippen LogP contribution in [0, 0.1) is 11.3 Å². The Balaban J connectivity index is 2.59. The molecule has 0 aliphatic rings. The molecule has 0 fully saturated rings. The number of hydrogen-bond acceptors (Lipinski definition) is 2. The van der Waals surface area contributed by atoms with Crippen molar-refractivity contribution >= 4 is 0 Å². The summed E-state index contributed by atoms with van der Waals surface area (Å²) in [5, 5.41) is 14.9. The zero-order valence-electron chi connectivity index (χ0n) is 8.42. The molecule has 3 nitrogen and oxygen atoms in total. The van der Waals surface area contributed by atoms with Crippen LogP contribution in [0.4, 0.5) is 13.2 Å². The quantitative estimate of drug-likeness (QED) is 0.828. The highest BCUT2D eigenvalue weighted by molar-refractivity contribution is 5.65. The van der Waals surface area contributed by atoms with Gasteiger partial charge in [0.2, 0.25) is 0 Å². The van der Waals surface area contributed by atoms with Crippen LogP contribution in [0.25, 0.3) is 11.1 Å². The van der Waals surface area contributed by atoms with E-state index in [9.17, 15) is 13.2 Å². The van der Waals surface area contributed by atoms with Crippen LogP contribution in [0.2, 0.25) is 0 Å². The molecule has 0 aliphatic carbocycles. The van der Waals surface area contributed by atoms with Gasteiger partial charge >= 0.3 is 6.18 Å². The van der Waals surface area contributed by atoms with Gasteiger partial charge in [-0.15, -0.1) is 0 Å². The van der Waals surface area contributed by atoms with Crippen LogP contribution >= 0.6 is 0 Å². The van der Waals surface area contributed by atoms with Gasteiger partial charge in [-0.1, -0.05) is 0 Å². The Morgan fingerprint density at radius 2 is 1.94 bits per heavy atom. The lowest BCUT2D eigenvalue weighted by molar-refractivity contribution is -0.137. The number of aromatic amines is 1. The van der Waals surface area contributed by atoms with Crippen molar-refractivity contribution in [3.63, 3.8) is 0 Å². The second kappa shape index (κ2) is 3.94. The van der Waals surface area contributed by atoms with Crippen LogP contribution in [-0.4, -0.2) is 10.2 Å². The first kappa shape index (κ1) is 11.2. The average Bonchev–Trinajstić information content (AvgIpc) is 2.80. The molecule has 2 rings (SSSR count). The molecule has 0 spiro atoms. The van der Waals surface area contributed by atoms with E-state index < -0.39 is 11.7 Å². The van der Waals surface area contributed by atoms with Crippen LogP contribution in [0.15, 0.2) is 30.6 Å².